The number of rotatable bonds is 8. The summed E-state index contributed by atoms with van der Waals surface area (Å²) in [5, 5.41) is 13.1. The number of aliphatic hydroxyl groups is 1. The average Bonchev–Trinajstić information content (AvgIpc) is 3.00. The van der Waals surface area contributed by atoms with Gasteiger partial charge >= 0.3 is 0 Å². The highest BCUT2D eigenvalue weighted by Gasteiger charge is 2.50. The molecule has 2 N–H and O–H groups in total. The highest BCUT2D eigenvalue weighted by molar-refractivity contribution is 5.23. The summed E-state index contributed by atoms with van der Waals surface area (Å²) >= 11 is 0. The summed E-state index contributed by atoms with van der Waals surface area (Å²) in [5.74, 6) is 2.42. The minimum atomic E-state index is -0.485. The van der Waals surface area contributed by atoms with Gasteiger partial charge in [-0.3, -0.25) is 0 Å². The lowest BCUT2D eigenvalue weighted by Gasteiger charge is -2.56. The van der Waals surface area contributed by atoms with Crippen molar-refractivity contribution in [3.63, 3.8) is 0 Å². The Balaban J connectivity index is 1.32. The van der Waals surface area contributed by atoms with E-state index < -0.39 is 6.10 Å². The number of aliphatic hydroxyl groups excluding tert-OH is 1. The van der Waals surface area contributed by atoms with Crippen molar-refractivity contribution in [2.75, 3.05) is 19.8 Å². The standard InChI is InChI=1S/C18H27NO3/c1-18(2)14-6-5-13(17(18)8-14)11-21-12-15(20)9-19-10-16-4-3-7-22-16/h3-5,7,14-15,17,19-20H,6,8-12H2,1-2H3/t14-,15-,17+/m1/s1. The fraction of sp³-hybridized carbons (Fsp3) is 0.667. The Labute approximate surface area is 132 Å². The number of fused-ring (bicyclic) bond motifs is 1. The topological polar surface area (TPSA) is 54.6 Å². The van der Waals surface area contributed by atoms with Gasteiger partial charge in [0.05, 0.1) is 32.1 Å². The smallest absolute Gasteiger partial charge is 0.117 e. The van der Waals surface area contributed by atoms with Crippen LogP contribution in [0, 0.1) is 17.3 Å². The predicted octanol–water partition coefficient (Wildman–Crippen LogP) is 2.74. The van der Waals surface area contributed by atoms with Crippen LogP contribution in [-0.4, -0.2) is 31.0 Å². The molecule has 3 atom stereocenters. The first-order valence-corrected chi connectivity index (χ1v) is 8.25. The summed E-state index contributed by atoms with van der Waals surface area (Å²) in [6.45, 7) is 6.91. The van der Waals surface area contributed by atoms with E-state index in [1.165, 1.54) is 18.4 Å². The maximum Gasteiger partial charge on any atom is 0.117 e. The molecular formula is C18H27NO3. The molecule has 4 nitrogen and oxygen atoms in total. The van der Waals surface area contributed by atoms with Crippen LogP contribution in [0.25, 0.3) is 0 Å². The number of allylic oxidation sites excluding steroid dienone is 1. The summed E-state index contributed by atoms with van der Waals surface area (Å²) in [4.78, 5) is 0. The molecule has 1 fully saturated rings. The number of ether oxygens (including phenoxy) is 1. The molecular weight excluding hydrogens is 278 g/mol. The van der Waals surface area contributed by atoms with E-state index in [4.69, 9.17) is 9.15 Å². The zero-order chi connectivity index (χ0) is 15.6. The zero-order valence-corrected chi connectivity index (χ0v) is 13.5. The Morgan fingerprint density at radius 1 is 1.50 bits per heavy atom. The Morgan fingerprint density at radius 3 is 3.05 bits per heavy atom. The second kappa shape index (κ2) is 6.57. The Bertz CT molecular complexity index is 506. The van der Waals surface area contributed by atoms with Gasteiger partial charge in [-0.25, -0.2) is 0 Å². The highest BCUT2D eigenvalue weighted by Crippen LogP contribution is 2.59. The van der Waals surface area contributed by atoms with Gasteiger partial charge in [-0.1, -0.05) is 19.9 Å². The fourth-order valence-corrected chi connectivity index (χ4v) is 3.79. The van der Waals surface area contributed by atoms with E-state index >= 15 is 0 Å². The summed E-state index contributed by atoms with van der Waals surface area (Å²) in [6, 6.07) is 3.78. The maximum atomic E-state index is 9.95. The summed E-state index contributed by atoms with van der Waals surface area (Å²) < 4.78 is 11.0. The Hall–Kier alpha value is -1.10. The lowest BCUT2D eigenvalue weighted by atomic mass is 9.49. The normalized spacial score (nSPS) is 27.1. The van der Waals surface area contributed by atoms with Crippen LogP contribution in [0.5, 0.6) is 0 Å². The zero-order valence-electron chi connectivity index (χ0n) is 13.5. The van der Waals surface area contributed by atoms with Gasteiger partial charge in [-0.15, -0.1) is 0 Å². The minimum Gasteiger partial charge on any atom is -0.468 e. The molecule has 4 rings (SSSR count). The van der Waals surface area contributed by atoms with Gasteiger partial charge in [0.2, 0.25) is 0 Å². The van der Waals surface area contributed by atoms with Gasteiger partial charge in [0.1, 0.15) is 5.76 Å². The molecule has 0 aromatic carbocycles. The van der Waals surface area contributed by atoms with Gasteiger partial charge < -0.3 is 19.6 Å². The largest absolute Gasteiger partial charge is 0.468 e. The van der Waals surface area contributed by atoms with E-state index in [9.17, 15) is 5.11 Å². The molecule has 0 spiro atoms. The minimum absolute atomic E-state index is 0.374. The van der Waals surface area contributed by atoms with E-state index in [1.807, 2.05) is 12.1 Å². The van der Waals surface area contributed by atoms with Crippen LogP contribution in [0.2, 0.25) is 0 Å². The summed E-state index contributed by atoms with van der Waals surface area (Å²) in [5.41, 5.74) is 1.87. The van der Waals surface area contributed by atoms with E-state index in [0.29, 0.717) is 37.6 Å². The van der Waals surface area contributed by atoms with Crippen LogP contribution >= 0.6 is 0 Å². The van der Waals surface area contributed by atoms with Crippen molar-refractivity contribution < 1.29 is 14.3 Å². The van der Waals surface area contributed by atoms with Gasteiger partial charge in [-0.2, -0.15) is 0 Å². The lowest BCUT2D eigenvalue weighted by Crippen LogP contribution is -2.48. The molecule has 0 unspecified atom stereocenters. The first-order chi connectivity index (χ1) is 10.6. The van der Waals surface area contributed by atoms with Gasteiger partial charge in [0.15, 0.2) is 0 Å². The summed E-state index contributed by atoms with van der Waals surface area (Å²) in [6.07, 6.45) is 6.03. The lowest BCUT2D eigenvalue weighted by molar-refractivity contribution is -0.0235. The van der Waals surface area contributed by atoms with Gasteiger partial charge in [-0.05, 0) is 47.8 Å². The molecule has 0 aliphatic heterocycles. The molecule has 1 aromatic heterocycles. The van der Waals surface area contributed by atoms with Crippen molar-refractivity contribution >= 4 is 0 Å². The van der Waals surface area contributed by atoms with E-state index in [-0.39, 0.29) is 0 Å². The second-order valence-electron chi connectivity index (χ2n) is 7.20. The Kier molecular flexibility index (Phi) is 4.71. The van der Waals surface area contributed by atoms with Gasteiger partial charge in [0.25, 0.3) is 0 Å². The molecule has 1 heterocycles. The molecule has 3 aliphatic rings. The van der Waals surface area contributed by atoms with E-state index in [2.05, 4.69) is 25.2 Å². The van der Waals surface area contributed by atoms with Crippen molar-refractivity contribution in [3.8, 4) is 0 Å². The SMILES string of the molecule is CC1(C)[C@@H]2CC=C(COC[C@H](O)CNCc3ccco3)[C@@H]1C2. The molecule has 0 amide bonds. The molecule has 122 valence electrons. The molecule has 22 heavy (non-hydrogen) atoms. The maximum absolute atomic E-state index is 9.95. The van der Waals surface area contributed by atoms with E-state index in [1.54, 1.807) is 6.26 Å². The monoisotopic (exact) mass is 305 g/mol. The Morgan fingerprint density at radius 2 is 2.36 bits per heavy atom. The molecule has 1 saturated carbocycles. The molecule has 2 bridgehead atoms. The van der Waals surface area contributed by atoms with Crippen LogP contribution in [0.3, 0.4) is 0 Å². The van der Waals surface area contributed by atoms with Crippen LogP contribution in [0.1, 0.15) is 32.4 Å². The van der Waals surface area contributed by atoms with Crippen molar-refractivity contribution in [3.05, 3.63) is 35.8 Å². The molecule has 1 aromatic rings. The van der Waals surface area contributed by atoms with Crippen molar-refractivity contribution in [2.45, 2.75) is 39.3 Å². The number of hydrogen-bond acceptors (Lipinski definition) is 4. The quantitative estimate of drug-likeness (QED) is 0.725. The highest BCUT2D eigenvalue weighted by atomic mass is 16.5. The third-order valence-corrected chi connectivity index (χ3v) is 5.42. The van der Waals surface area contributed by atoms with Crippen LogP contribution in [-0.2, 0) is 11.3 Å². The van der Waals surface area contributed by atoms with Crippen LogP contribution < -0.4 is 5.32 Å². The van der Waals surface area contributed by atoms with Crippen molar-refractivity contribution in [2.24, 2.45) is 17.3 Å². The van der Waals surface area contributed by atoms with Crippen molar-refractivity contribution in [1.82, 2.24) is 5.32 Å². The second-order valence-corrected chi connectivity index (χ2v) is 7.20. The average molecular weight is 305 g/mol. The third-order valence-electron chi connectivity index (χ3n) is 5.42. The predicted molar refractivity (Wildman–Crippen MR) is 85.3 cm³/mol. The molecule has 0 saturated heterocycles. The number of nitrogens with one attached hydrogen (secondary N) is 1. The first kappa shape index (κ1) is 15.8. The van der Waals surface area contributed by atoms with Crippen molar-refractivity contribution in [1.29, 1.82) is 0 Å². The van der Waals surface area contributed by atoms with Crippen LogP contribution in [0.15, 0.2) is 34.5 Å². The first-order valence-electron chi connectivity index (χ1n) is 8.25. The number of hydrogen-bond donors (Lipinski definition) is 2. The molecule has 4 heteroatoms. The van der Waals surface area contributed by atoms with E-state index in [0.717, 1.165) is 11.7 Å². The number of furan rings is 1. The third kappa shape index (κ3) is 3.29. The molecule has 3 aliphatic carbocycles. The van der Waals surface area contributed by atoms with Crippen LogP contribution in [0.4, 0.5) is 0 Å². The van der Waals surface area contributed by atoms with Gasteiger partial charge in [0, 0.05) is 6.54 Å². The fourth-order valence-electron chi connectivity index (χ4n) is 3.79. The molecule has 0 radical (unpaired) electrons. The summed E-state index contributed by atoms with van der Waals surface area (Å²) in [7, 11) is 0.